The molecule has 0 aliphatic heterocycles. The minimum absolute atomic E-state index is 0.127. The summed E-state index contributed by atoms with van der Waals surface area (Å²) >= 11 is 0. The fourth-order valence-corrected chi connectivity index (χ4v) is 2.20. The number of hydrogen-bond donors (Lipinski definition) is 1. The highest BCUT2D eigenvalue weighted by atomic mass is 16.5. The van der Waals surface area contributed by atoms with Crippen LogP contribution < -0.4 is 15.2 Å². The van der Waals surface area contributed by atoms with Crippen molar-refractivity contribution in [3.05, 3.63) is 53.7 Å². The van der Waals surface area contributed by atoms with Crippen LogP contribution in [0.15, 0.2) is 42.6 Å². The van der Waals surface area contributed by atoms with Crippen LogP contribution in [-0.4, -0.2) is 25.2 Å². The molecule has 0 amide bonds. The average Bonchev–Trinajstić information content (AvgIpc) is 2.54. The van der Waals surface area contributed by atoms with Gasteiger partial charge in [-0.15, -0.1) is 0 Å². The monoisotopic (exact) mass is 286 g/mol. The molecule has 1 aromatic carbocycles. The lowest BCUT2D eigenvalue weighted by atomic mass is 10.0. The van der Waals surface area contributed by atoms with Crippen molar-refractivity contribution in [2.75, 3.05) is 14.2 Å². The molecule has 112 valence electrons. The van der Waals surface area contributed by atoms with Gasteiger partial charge in [0, 0.05) is 18.3 Å². The number of rotatable bonds is 7. The number of nitrogens with two attached hydrogens (primary N) is 1. The first-order valence-corrected chi connectivity index (χ1v) is 7.08. The fourth-order valence-electron chi connectivity index (χ4n) is 2.20. The molecule has 1 aromatic heterocycles. The predicted octanol–water partition coefficient (Wildman–Crippen LogP) is 2.60. The first-order chi connectivity index (χ1) is 10.2. The zero-order valence-corrected chi connectivity index (χ0v) is 12.6. The summed E-state index contributed by atoms with van der Waals surface area (Å²) in [5.41, 5.74) is 8.61. The third-order valence-electron chi connectivity index (χ3n) is 3.47. The maximum atomic E-state index is 6.20. The molecule has 2 rings (SSSR count). The van der Waals surface area contributed by atoms with Gasteiger partial charge in [-0.05, 0) is 42.5 Å². The third-order valence-corrected chi connectivity index (χ3v) is 3.47. The lowest BCUT2D eigenvalue weighted by molar-refractivity contribution is 0.397. The zero-order valence-electron chi connectivity index (χ0n) is 12.6. The lowest BCUT2D eigenvalue weighted by Crippen LogP contribution is -2.23. The highest BCUT2D eigenvalue weighted by Crippen LogP contribution is 2.14. The molecular weight excluding hydrogens is 264 g/mol. The molecule has 0 saturated carbocycles. The lowest BCUT2D eigenvalue weighted by Gasteiger charge is -2.12. The minimum Gasteiger partial charge on any atom is -0.497 e. The van der Waals surface area contributed by atoms with Crippen LogP contribution in [0.5, 0.6) is 11.6 Å². The van der Waals surface area contributed by atoms with Crippen molar-refractivity contribution in [3.63, 3.8) is 0 Å². The summed E-state index contributed by atoms with van der Waals surface area (Å²) in [7, 11) is 3.29. The summed E-state index contributed by atoms with van der Waals surface area (Å²) in [5, 5.41) is 0. The Kier molecular flexibility index (Phi) is 5.58. The fraction of sp³-hybridized carbons (Fsp3) is 0.353. The van der Waals surface area contributed by atoms with Crippen LogP contribution in [0.3, 0.4) is 0 Å². The maximum Gasteiger partial charge on any atom is 0.212 e. The molecular formula is C17H22N2O2. The van der Waals surface area contributed by atoms with Gasteiger partial charge < -0.3 is 15.2 Å². The van der Waals surface area contributed by atoms with E-state index in [1.54, 1.807) is 14.2 Å². The van der Waals surface area contributed by atoms with Crippen molar-refractivity contribution in [3.8, 4) is 11.6 Å². The molecule has 1 unspecified atom stereocenters. The molecule has 2 N–H and O–H groups in total. The van der Waals surface area contributed by atoms with Crippen LogP contribution >= 0.6 is 0 Å². The van der Waals surface area contributed by atoms with E-state index in [4.69, 9.17) is 15.2 Å². The summed E-state index contributed by atoms with van der Waals surface area (Å²) in [4.78, 5) is 4.20. The second-order valence-electron chi connectivity index (χ2n) is 5.06. The van der Waals surface area contributed by atoms with Gasteiger partial charge in [0.05, 0.1) is 14.2 Å². The minimum atomic E-state index is 0.127. The molecule has 0 bridgehead atoms. The van der Waals surface area contributed by atoms with Crippen molar-refractivity contribution in [2.24, 2.45) is 5.73 Å². The van der Waals surface area contributed by atoms with Crippen molar-refractivity contribution in [1.29, 1.82) is 0 Å². The number of aryl methyl sites for hydroxylation is 1. The van der Waals surface area contributed by atoms with Crippen LogP contribution in [0.25, 0.3) is 0 Å². The van der Waals surface area contributed by atoms with E-state index in [9.17, 15) is 0 Å². The molecule has 4 heteroatoms. The van der Waals surface area contributed by atoms with Gasteiger partial charge in [0.15, 0.2) is 0 Å². The quantitative estimate of drug-likeness (QED) is 0.850. The number of ether oxygens (including phenoxy) is 2. The summed E-state index contributed by atoms with van der Waals surface area (Å²) < 4.78 is 10.2. The SMILES string of the molecule is COc1ccc(CCC(N)Cc2ccc(OC)nc2)cc1. The van der Waals surface area contributed by atoms with Gasteiger partial charge in [0.2, 0.25) is 5.88 Å². The van der Waals surface area contributed by atoms with E-state index >= 15 is 0 Å². The van der Waals surface area contributed by atoms with Gasteiger partial charge in [-0.3, -0.25) is 0 Å². The highest BCUT2D eigenvalue weighted by molar-refractivity contribution is 5.27. The summed E-state index contributed by atoms with van der Waals surface area (Å²) in [6, 6.07) is 12.1. The van der Waals surface area contributed by atoms with Crippen LogP contribution in [-0.2, 0) is 12.8 Å². The number of benzene rings is 1. The summed E-state index contributed by atoms with van der Waals surface area (Å²) in [6.07, 6.45) is 4.56. The Labute approximate surface area is 125 Å². The number of hydrogen-bond acceptors (Lipinski definition) is 4. The smallest absolute Gasteiger partial charge is 0.212 e. The highest BCUT2D eigenvalue weighted by Gasteiger charge is 2.06. The van der Waals surface area contributed by atoms with Gasteiger partial charge in [0.25, 0.3) is 0 Å². The molecule has 0 radical (unpaired) electrons. The normalized spacial score (nSPS) is 12.0. The van der Waals surface area contributed by atoms with Gasteiger partial charge in [-0.1, -0.05) is 18.2 Å². The first kappa shape index (κ1) is 15.3. The van der Waals surface area contributed by atoms with Crippen LogP contribution in [0, 0.1) is 0 Å². The summed E-state index contributed by atoms with van der Waals surface area (Å²) in [5.74, 6) is 1.51. The Morgan fingerprint density at radius 2 is 1.71 bits per heavy atom. The van der Waals surface area contributed by atoms with E-state index in [2.05, 4.69) is 17.1 Å². The van der Waals surface area contributed by atoms with Gasteiger partial charge in [-0.25, -0.2) is 4.98 Å². The Balaban J connectivity index is 1.81. The Morgan fingerprint density at radius 3 is 2.29 bits per heavy atom. The summed E-state index contributed by atoms with van der Waals surface area (Å²) in [6.45, 7) is 0. The molecule has 0 fully saturated rings. The van der Waals surface area contributed by atoms with Gasteiger partial charge in [0.1, 0.15) is 5.75 Å². The number of methoxy groups -OCH3 is 2. The van der Waals surface area contributed by atoms with Crippen LogP contribution in [0.1, 0.15) is 17.5 Å². The van der Waals surface area contributed by atoms with Crippen molar-refractivity contribution < 1.29 is 9.47 Å². The molecule has 1 heterocycles. The second-order valence-corrected chi connectivity index (χ2v) is 5.06. The van der Waals surface area contributed by atoms with Gasteiger partial charge >= 0.3 is 0 Å². The zero-order chi connectivity index (χ0) is 15.1. The molecule has 0 aliphatic rings. The third kappa shape index (κ3) is 4.76. The maximum absolute atomic E-state index is 6.20. The van der Waals surface area contributed by atoms with Crippen molar-refractivity contribution >= 4 is 0 Å². The predicted molar refractivity (Wildman–Crippen MR) is 83.8 cm³/mol. The number of aromatic nitrogens is 1. The van der Waals surface area contributed by atoms with E-state index in [1.165, 1.54) is 5.56 Å². The van der Waals surface area contributed by atoms with E-state index in [-0.39, 0.29) is 6.04 Å². The molecule has 1 atom stereocenters. The standard InChI is InChI=1S/C17H22N2O2/c1-20-16-8-4-13(5-9-16)3-7-15(18)11-14-6-10-17(21-2)19-12-14/h4-6,8-10,12,15H,3,7,11,18H2,1-2H3. The van der Waals surface area contributed by atoms with Crippen LogP contribution in [0.4, 0.5) is 0 Å². The number of pyridine rings is 1. The van der Waals surface area contributed by atoms with E-state index in [0.29, 0.717) is 5.88 Å². The average molecular weight is 286 g/mol. The van der Waals surface area contributed by atoms with Crippen molar-refractivity contribution in [2.45, 2.75) is 25.3 Å². The topological polar surface area (TPSA) is 57.4 Å². The van der Waals surface area contributed by atoms with Crippen LogP contribution in [0.2, 0.25) is 0 Å². The molecule has 21 heavy (non-hydrogen) atoms. The molecule has 0 spiro atoms. The van der Waals surface area contributed by atoms with Crippen molar-refractivity contribution in [1.82, 2.24) is 4.98 Å². The first-order valence-electron chi connectivity index (χ1n) is 7.08. The van der Waals surface area contributed by atoms with Gasteiger partial charge in [-0.2, -0.15) is 0 Å². The molecule has 2 aromatic rings. The largest absolute Gasteiger partial charge is 0.497 e. The Hall–Kier alpha value is -2.07. The number of nitrogens with zero attached hydrogens (tertiary/aromatic N) is 1. The van der Waals surface area contributed by atoms with E-state index < -0.39 is 0 Å². The van der Waals surface area contributed by atoms with E-state index in [1.807, 2.05) is 30.5 Å². The second kappa shape index (κ2) is 7.64. The van der Waals surface area contributed by atoms with E-state index in [0.717, 1.165) is 30.6 Å². The molecule has 4 nitrogen and oxygen atoms in total. The Bertz CT molecular complexity index is 538. The molecule has 0 saturated heterocycles. The molecule has 0 aliphatic carbocycles. The Morgan fingerprint density at radius 1 is 1.00 bits per heavy atom.